The van der Waals surface area contributed by atoms with Crippen molar-refractivity contribution >= 4 is 16.7 Å². The van der Waals surface area contributed by atoms with Crippen LogP contribution in [-0.4, -0.2) is 51.2 Å². The number of amides is 1. The van der Waals surface area contributed by atoms with Gasteiger partial charge in [0.05, 0.1) is 13.0 Å². The van der Waals surface area contributed by atoms with E-state index >= 15 is 0 Å². The van der Waals surface area contributed by atoms with Crippen LogP contribution in [0.15, 0.2) is 55.0 Å². The lowest BCUT2D eigenvalue weighted by molar-refractivity contribution is -0.136. The summed E-state index contributed by atoms with van der Waals surface area (Å²) < 4.78 is 6.11. The fraction of sp³-hybridized carbons (Fsp3) is 0.318. The molecule has 1 aromatic carbocycles. The van der Waals surface area contributed by atoms with Crippen molar-refractivity contribution in [3.8, 4) is 5.75 Å². The lowest BCUT2D eigenvalue weighted by Gasteiger charge is -2.36. The first kappa shape index (κ1) is 18.4. The molecule has 144 valence electrons. The largest absolute Gasteiger partial charge is 0.487 e. The zero-order valence-electron chi connectivity index (χ0n) is 15.8. The highest BCUT2D eigenvalue weighted by atomic mass is 16.5. The molecular formula is C22H23N3O3. The number of fused-ring (bicyclic) bond motifs is 1. The Labute approximate surface area is 163 Å². The van der Waals surface area contributed by atoms with Gasteiger partial charge in [-0.1, -0.05) is 12.1 Å². The fourth-order valence-electron chi connectivity index (χ4n) is 3.59. The Bertz CT molecular complexity index is 986. The summed E-state index contributed by atoms with van der Waals surface area (Å²) >= 11 is 0. The highest BCUT2D eigenvalue weighted by molar-refractivity contribution is 5.87. The SMILES string of the molecule is Cc1ccnc(CC(=O)N2CC[C@@H](Oc3cccc4cnccc34)[C@H](O)C2)c1. The minimum atomic E-state index is -0.736. The summed E-state index contributed by atoms with van der Waals surface area (Å²) in [7, 11) is 0. The summed E-state index contributed by atoms with van der Waals surface area (Å²) in [5.41, 5.74) is 1.83. The van der Waals surface area contributed by atoms with Gasteiger partial charge in [0.2, 0.25) is 5.91 Å². The quantitative estimate of drug-likeness (QED) is 0.756. The minimum absolute atomic E-state index is 0.0214. The molecule has 0 aliphatic carbocycles. The number of aromatic nitrogens is 2. The van der Waals surface area contributed by atoms with Gasteiger partial charge in [0.15, 0.2) is 0 Å². The summed E-state index contributed by atoms with van der Waals surface area (Å²) in [6.07, 6.45) is 4.98. The van der Waals surface area contributed by atoms with Crippen LogP contribution >= 0.6 is 0 Å². The average molecular weight is 377 g/mol. The molecule has 28 heavy (non-hydrogen) atoms. The fourth-order valence-corrected chi connectivity index (χ4v) is 3.59. The molecule has 2 atom stereocenters. The van der Waals surface area contributed by atoms with Crippen LogP contribution in [0.3, 0.4) is 0 Å². The van der Waals surface area contributed by atoms with Gasteiger partial charge in [0.25, 0.3) is 0 Å². The third kappa shape index (κ3) is 3.97. The molecule has 1 fully saturated rings. The molecule has 4 rings (SSSR count). The number of pyridine rings is 2. The first-order chi connectivity index (χ1) is 13.6. The van der Waals surface area contributed by atoms with Gasteiger partial charge < -0.3 is 14.7 Å². The predicted molar refractivity (Wildman–Crippen MR) is 106 cm³/mol. The molecule has 6 nitrogen and oxygen atoms in total. The molecule has 0 spiro atoms. The summed E-state index contributed by atoms with van der Waals surface area (Å²) in [5.74, 6) is 0.708. The number of carbonyl (C=O) groups excluding carboxylic acids is 1. The van der Waals surface area contributed by atoms with Gasteiger partial charge in [-0.3, -0.25) is 14.8 Å². The Balaban J connectivity index is 1.40. The van der Waals surface area contributed by atoms with Crippen molar-refractivity contribution in [2.45, 2.75) is 32.0 Å². The van der Waals surface area contributed by atoms with E-state index in [0.29, 0.717) is 13.0 Å². The first-order valence-corrected chi connectivity index (χ1v) is 9.47. The van der Waals surface area contributed by atoms with E-state index in [-0.39, 0.29) is 25.0 Å². The van der Waals surface area contributed by atoms with E-state index in [1.54, 1.807) is 23.5 Å². The number of hydrogen-bond acceptors (Lipinski definition) is 5. The molecule has 1 saturated heterocycles. The van der Waals surface area contributed by atoms with E-state index in [4.69, 9.17) is 4.74 Å². The Morgan fingerprint density at radius 3 is 3.00 bits per heavy atom. The summed E-state index contributed by atoms with van der Waals surface area (Å²) in [5, 5.41) is 12.5. The van der Waals surface area contributed by atoms with Gasteiger partial charge in [-0.05, 0) is 36.8 Å². The smallest absolute Gasteiger partial charge is 0.228 e. The molecule has 3 aromatic rings. The Kier molecular flexibility index (Phi) is 5.21. The van der Waals surface area contributed by atoms with E-state index in [1.807, 2.05) is 43.3 Å². The molecule has 1 amide bonds. The van der Waals surface area contributed by atoms with Crippen LogP contribution in [0.25, 0.3) is 10.8 Å². The second kappa shape index (κ2) is 7.94. The summed E-state index contributed by atoms with van der Waals surface area (Å²) in [4.78, 5) is 22.7. The van der Waals surface area contributed by atoms with Gasteiger partial charge in [-0.2, -0.15) is 0 Å². The maximum absolute atomic E-state index is 12.6. The third-order valence-corrected chi connectivity index (χ3v) is 5.10. The zero-order chi connectivity index (χ0) is 19.5. The number of β-amino-alcohol motifs (C(OH)–C–C–N with tert-alkyl or cyclic N) is 1. The van der Waals surface area contributed by atoms with Crippen molar-refractivity contribution in [3.05, 3.63) is 66.2 Å². The Morgan fingerprint density at radius 1 is 1.29 bits per heavy atom. The second-order valence-corrected chi connectivity index (χ2v) is 7.21. The number of ether oxygens (including phenoxy) is 1. The molecule has 1 aliphatic rings. The van der Waals surface area contributed by atoms with Crippen LogP contribution < -0.4 is 4.74 Å². The first-order valence-electron chi connectivity index (χ1n) is 9.47. The molecular weight excluding hydrogens is 354 g/mol. The third-order valence-electron chi connectivity index (χ3n) is 5.10. The number of aryl methyl sites for hydroxylation is 1. The van der Waals surface area contributed by atoms with Crippen molar-refractivity contribution in [1.82, 2.24) is 14.9 Å². The van der Waals surface area contributed by atoms with Gasteiger partial charge in [-0.25, -0.2) is 0 Å². The molecule has 2 aromatic heterocycles. The van der Waals surface area contributed by atoms with E-state index in [1.165, 1.54) is 0 Å². The van der Waals surface area contributed by atoms with Crippen LogP contribution in [0.1, 0.15) is 17.7 Å². The van der Waals surface area contributed by atoms with Crippen molar-refractivity contribution in [2.24, 2.45) is 0 Å². The number of hydrogen-bond donors (Lipinski definition) is 1. The molecule has 0 saturated carbocycles. The number of benzene rings is 1. The maximum Gasteiger partial charge on any atom is 0.228 e. The van der Waals surface area contributed by atoms with E-state index in [2.05, 4.69) is 9.97 Å². The van der Waals surface area contributed by atoms with Crippen LogP contribution in [0.5, 0.6) is 5.75 Å². The number of rotatable bonds is 4. The molecule has 1 aliphatic heterocycles. The van der Waals surface area contributed by atoms with Gasteiger partial charge in [0.1, 0.15) is 18.0 Å². The number of piperidine rings is 1. The monoisotopic (exact) mass is 377 g/mol. The lowest BCUT2D eigenvalue weighted by Crippen LogP contribution is -2.51. The number of nitrogens with zero attached hydrogens (tertiary/aromatic N) is 3. The van der Waals surface area contributed by atoms with Crippen LogP contribution in [0.4, 0.5) is 0 Å². The molecule has 0 bridgehead atoms. The average Bonchev–Trinajstić information content (AvgIpc) is 2.70. The van der Waals surface area contributed by atoms with E-state index < -0.39 is 6.10 Å². The van der Waals surface area contributed by atoms with Gasteiger partial charge in [0, 0.05) is 48.0 Å². The van der Waals surface area contributed by atoms with Crippen molar-refractivity contribution in [1.29, 1.82) is 0 Å². The summed E-state index contributed by atoms with van der Waals surface area (Å²) in [6.45, 7) is 2.80. The minimum Gasteiger partial charge on any atom is -0.487 e. The zero-order valence-corrected chi connectivity index (χ0v) is 15.8. The van der Waals surface area contributed by atoms with Crippen molar-refractivity contribution in [3.63, 3.8) is 0 Å². The number of aliphatic hydroxyl groups is 1. The Morgan fingerprint density at radius 2 is 2.18 bits per heavy atom. The number of aliphatic hydroxyl groups excluding tert-OH is 1. The molecule has 0 radical (unpaired) electrons. The Hall–Kier alpha value is -2.99. The van der Waals surface area contributed by atoms with Gasteiger partial charge in [-0.15, -0.1) is 0 Å². The van der Waals surface area contributed by atoms with Crippen molar-refractivity contribution < 1.29 is 14.6 Å². The standard InChI is InChI=1S/C22H23N3O3/c1-15-5-9-24-17(11-15)12-22(27)25-10-7-21(19(26)14-25)28-20-4-2-3-16-13-23-8-6-18(16)20/h2-6,8-9,11,13,19,21,26H,7,10,12,14H2,1H3/t19-,21-/m1/s1. The number of likely N-dealkylation sites (tertiary alicyclic amines) is 1. The highest BCUT2D eigenvalue weighted by Gasteiger charge is 2.32. The topological polar surface area (TPSA) is 75.6 Å². The van der Waals surface area contributed by atoms with Crippen molar-refractivity contribution in [2.75, 3.05) is 13.1 Å². The molecule has 1 N–H and O–H groups in total. The van der Waals surface area contributed by atoms with Crippen LogP contribution in [0, 0.1) is 6.92 Å². The van der Waals surface area contributed by atoms with Gasteiger partial charge >= 0.3 is 0 Å². The molecule has 0 unspecified atom stereocenters. The highest BCUT2D eigenvalue weighted by Crippen LogP contribution is 2.27. The normalized spacial score (nSPS) is 19.6. The predicted octanol–water partition coefficient (Wildman–Crippen LogP) is 2.52. The van der Waals surface area contributed by atoms with E-state index in [9.17, 15) is 9.90 Å². The maximum atomic E-state index is 12.6. The summed E-state index contributed by atoms with van der Waals surface area (Å²) in [6, 6.07) is 11.5. The lowest BCUT2D eigenvalue weighted by atomic mass is 10.0. The second-order valence-electron chi connectivity index (χ2n) is 7.21. The van der Waals surface area contributed by atoms with Crippen LogP contribution in [-0.2, 0) is 11.2 Å². The molecule has 6 heteroatoms. The van der Waals surface area contributed by atoms with Crippen LogP contribution in [0.2, 0.25) is 0 Å². The molecule has 3 heterocycles. The number of carbonyl (C=O) groups is 1. The van der Waals surface area contributed by atoms with E-state index in [0.717, 1.165) is 27.8 Å².